The third-order valence-electron chi connectivity index (χ3n) is 5.95. The molecule has 3 aromatic rings. The number of hydrogen-bond acceptors (Lipinski definition) is 8. The highest BCUT2D eigenvalue weighted by atomic mass is 32.2. The number of carbonyl (C=O) groups is 2. The number of fused-ring (bicyclic) bond motifs is 1. The molecule has 0 saturated carbocycles. The van der Waals surface area contributed by atoms with E-state index in [9.17, 15) is 9.59 Å². The van der Waals surface area contributed by atoms with Crippen LogP contribution in [0.4, 0.5) is 5.00 Å². The van der Waals surface area contributed by atoms with Gasteiger partial charge in [0.15, 0.2) is 11.0 Å². The average molecular weight is 527 g/mol. The van der Waals surface area contributed by atoms with Crippen LogP contribution in [-0.4, -0.2) is 39.5 Å². The van der Waals surface area contributed by atoms with E-state index in [1.165, 1.54) is 30.2 Å². The van der Waals surface area contributed by atoms with Gasteiger partial charge in [0, 0.05) is 11.4 Å². The number of thiophene rings is 1. The van der Waals surface area contributed by atoms with E-state index in [4.69, 9.17) is 9.47 Å². The average Bonchev–Trinajstić information content (AvgIpc) is 3.41. The van der Waals surface area contributed by atoms with Crippen molar-refractivity contribution in [3.63, 3.8) is 0 Å². The number of carbonyl (C=O) groups excluding carboxylic acids is 2. The van der Waals surface area contributed by atoms with Gasteiger partial charge in [0.2, 0.25) is 5.91 Å². The molecule has 0 fully saturated rings. The van der Waals surface area contributed by atoms with E-state index >= 15 is 0 Å². The molecule has 1 aliphatic carbocycles. The minimum atomic E-state index is -0.408. The molecule has 1 amide bonds. The number of ether oxygens (including phenoxy) is 2. The first kappa shape index (κ1) is 26.0. The second-order valence-electron chi connectivity index (χ2n) is 8.79. The summed E-state index contributed by atoms with van der Waals surface area (Å²) in [6, 6.07) is 7.80. The van der Waals surface area contributed by atoms with Crippen molar-refractivity contribution >= 4 is 40.0 Å². The van der Waals surface area contributed by atoms with E-state index in [2.05, 4.69) is 29.0 Å². The molecule has 36 heavy (non-hydrogen) atoms. The van der Waals surface area contributed by atoms with Crippen LogP contribution >= 0.6 is 23.1 Å². The minimum Gasteiger partial charge on any atom is -0.486 e. The zero-order valence-electron chi connectivity index (χ0n) is 20.7. The van der Waals surface area contributed by atoms with Crippen LogP contribution in [0.25, 0.3) is 0 Å². The van der Waals surface area contributed by atoms with E-state index in [-0.39, 0.29) is 18.3 Å². The molecule has 1 atom stereocenters. The number of hydrogen-bond donors (Lipinski definition) is 1. The molecular weight excluding hydrogens is 496 g/mol. The number of rotatable bonds is 10. The Morgan fingerprint density at radius 3 is 2.94 bits per heavy atom. The van der Waals surface area contributed by atoms with Crippen molar-refractivity contribution in [3.05, 3.63) is 64.3 Å². The number of anilines is 1. The molecule has 190 valence electrons. The molecule has 0 saturated heterocycles. The Kier molecular flexibility index (Phi) is 8.48. The summed E-state index contributed by atoms with van der Waals surface area (Å²) in [5, 5.41) is 12.6. The van der Waals surface area contributed by atoms with Gasteiger partial charge in [-0.1, -0.05) is 36.9 Å². The molecule has 0 radical (unpaired) electrons. The van der Waals surface area contributed by atoms with Crippen LogP contribution in [-0.2, 0) is 35.5 Å². The summed E-state index contributed by atoms with van der Waals surface area (Å²) >= 11 is 2.75. The first-order chi connectivity index (χ1) is 17.4. The number of aryl methyl sites for hydroxylation is 1. The van der Waals surface area contributed by atoms with Crippen LogP contribution in [0, 0.1) is 12.8 Å². The van der Waals surface area contributed by atoms with Crippen LogP contribution in [0.5, 0.6) is 5.75 Å². The molecule has 2 heterocycles. The van der Waals surface area contributed by atoms with Crippen LogP contribution in [0.3, 0.4) is 0 Å². The van der Waals surface area contributed by atoms with Crippen molar-refractivity contribution in [2.45, 2.75) is 51.4 Å². The van der Waals surface area contributed by atoms with Gasteiger partial charge in [-0.25, -0.2) is 4.79 Å². The maximum Gasteiger partial charge on any atom is 0.341 e. The topological polar surface area (TPSA) is 95.3 Å². The number of allylic oxidation sites excluding steroid dienone is 1. The summed E-state index contributed by atoms with van der Waals surface area (Å²) in [6.07, 6.45) is 4.50. The lowest BCUT2D eigenvalue weighted by molar-refractivity contribution is -0.113. The van der Waals surface area contributed by atoms with E-state index in [1.807, 2.05) is 35.8 Å². The Morgan fingerprint density at radius 1 is 1.36 bits per heavy atom. The summed E-state index contributed by atoms with van der Waals surface area (Å²) in [5.74, 6) is 1.45. The van der Waals surface area contributed by atoms with Gasteiger partial charge in [-0.3, -0.25) is 9.36 Å². The lowest BCUT2D eigenvalue weighted by atomic mass is 9.88. The lowest BCUT2D eigenvalue weighted by Crippen LogP contribution is -2.17. The standard InChI is InChI=1S/C26H30N4O4S2/c1-5-11-30-21(14-34-18-8-6-7-16(2)12-18)28-29-26(30)35-15-22(31)27-24-23(25(32)33-4)19-10-9-17(3)13-20(19)36-24/h5-8,12,17H,1,9-11,13-15H2,2-4H3,(H,27,31). The van der Waals surface area contributed by atoms with Gasteiger partial charge in [-0.15, -0.1) is 28.1 Å². The Hall–Kier alpha value is -3.11. The third-order valence-corrected chi connectivity index (χ3v) is 8.09. The minimum absolute atomic E-state index is 0.119. The number of benzene rings is 1. The van der Waals surface area contributed by atoms with E-state index in [0.29, 0.717) is 34.0 Å². The van der Waals surface area contributed by atoms with Gasteiger partial charge in [0.1, 0.15) is 17.4 Å². The van der Waals surface area contributed by atoms with Crippen molar-refractivity contribution in [2.75, 3.05) is 18.2 Å². The summed E-state index contributed by atoms with van der Waals surface area (Å²) < 4.78 is 12.8. The first-order valence-electron chi connectivity index (χ1n) is 11.8. The van der Waals surface area contributed by atoms with Crippen molar-refractivity contribution in [2.24, 2.45) is 5.92 Å². The Balaban J connectivity index is 1.43. The first-order valence-corrected chi connectivity index (χ1v) is 13.6. The van der Waals surface area contributed by atoms with Crippen LogP contribution in [0.15, 0.2) is 42.1 Å². The highest BCUT2D eigenvalue weighted by Gasteiger charge is 2.29. The molecule has 10 heteroatoms. The summed E-state index contributed by atoms with van der Waals surface area (Å²) in [4.78, 5) is 26.5. The van der Waals surface area contributed by atoms with Gasteiger partial charge in [0.05, 0.1) is 18.4 Å². The number of aromatic nitrogens is 3. The molecule has 8 nitrogen and oxygen atoms in total. The number of amides is 1. The largest absolute Gasteiger partial charge is 0.486 e. The fourth-order valence-electron chi connectivity index (χ4n) is 4.15. The zero-order valence-corrected chi connectivity index (χ0v) is 22.3. The zero-order chi connectivity index (χ0) is 25.7. The smallest absolute Gasteiger partial charge is 0.341 e. The molecule has 0 spiro atoms. The number of nitrogens with one attached hydrogen (secondary N) is 1. The third kappa shape index (κ3) is 5.99. The van der Waals surface area contributed by atoms with Crippen LogP contribution in [0.1, 0.15) is 45.5 Å². The van der Waals surface area contributed by atoms with Crippen molar-refractivity contribution in [1.82, 2.24) is 14.8 Å². The number of esters is 1. The van der Waals surface area contributed by atoms with Crippen molar-refractivity contribution in [1.29, 1.82) is 0 Å². The summed E-state index contributed by atoms with van der Waals surface area (Å²) in [5.41, 5.74) is 2.61. The predicted octanol–water partition coefficient (Wildman–Crippen LogP) is 5.06. The van der Waals surface area contributed by atoms with Gasteiger partial charge >= 0.3 is 5.97 Å². The summed E-state index contributed by atoms with van der Waals surface area (Å²) in [6.45, 7) is 8.77. The normalized spacial score (nSPS) is 14.7. The fraction of sp³-hybridized carbons (Fsp3) is 0.385. The van der Waals surface area contributed by atoms with Gasteiger partial charge < -0.3 is 14.8 Å². The van der Waals surface area contributed by atoms with Crippen molar-refractivity contribution < 1.29 is 19.1 Å². The second kappa shape index (κ2) is 11.7. The van der Waals surface area contributed by atoms with E-state index < -0.39 is 5.97 Å². The molecule has 1 aromatic carbocycles. The monoisotopic (exact) mass is 526 g/mol. The lowest BCUT2D eigenvalue weighted by Gasteiger charge is -2.18. The Morgan fingerprint density at radius 2 is 2.19 bits per heavy atom. The molecule has 0 bridgehead atoms. The molecule has 1 N–H and O–H groups in total. The molecule has 2 aromatic heterocycles. The second-order valence-corrected chi connectivity index (χ2v) is 10.8. The predicted molar refractivity (Wildman–Crippen MR) is 142 cm³/mol. The molecule has 0 aliphatic heterocycles. The maximum absolute atomic E-state index is 12.9. The highest BCUT2D eigenvalue weighted by molar-refractivity contribution is 7.99. The van der Waals surface area contributed by atoms with Gasteiger partial charge in [-0.05, 0) is 55.4 Å². The Bertz CT molecular complexity index is 1270. The molecule has 1 unspecified atom stereocenters. The number of thioether (sulfide) groups is 1. The van der Waals surface area contributed by atoms with Crippen LogP contribution < -0.4 is 10.1 Å². The Labute approximate surface area is 219 Å². The van der Waals surface area contributed by atoms with E-state index in [1.54, 1.807) is 6.08 Å². The number of nitrogens with zero attached hydrogens (tertiary/aromatic N) is 3. The SMILES string of the molecule is C=CCn1c(COc2cccc(C)c2)nnc1SCC(=O)Nc1sc2c(c1C(=O)OC)CCC(C)C2. The highest BCUT2D eigenvalue weighted by Crippen LogP contribution is 2.40. The van der Waals surface area contributed by atoms with Gasteiger partial charge in [-0.2, -0.15) is 0 Å². The fourth-order valence-corrected chi connectivity index (χ4v) is 6.33. The summed E-state index contributed by atoms with van der Waals surface area (Å²) in [7, 11) is 1.37. The van der Waals surface area contributed by atoms with Crippen LogP contribution in [0.2, 0.25) is 0 Å². The molecule has 1 aliphatic rings. The number of methoxy groups -OCH3 is 1. The van der Waals surface area contributed by atoms with E-state index in [0.717, 1.165) is 41.0 Å². The molecule has 4 rings (SSSR count). The van der Waals surface area contributed by atoms with Gasteiger partial charge in [0.25, 0.3) is 0 Å². The van der Waals surface area contributed by atoms with Crippen molar-refractivity contribution in [3.8, 4) is 5.75 Å². The molecular formula is C26H30N4O4S2. The maximum atomic E-state index is 12.9. The quantitative estimate of drug-likeness (QED) is 0.224.